The second kappa shape index (κ2) is 5.45. The van der Waals surface area contributed by atoms with Gasteiger partial charge in [-0.2, -0.15) is 0 Å². The van der Waals surface area contributed by atoms with E-state index in [-0.39, 0.29) is 28.4 Å². The van der Waals surface area contributed by atoms with Crippen LogP contribution < -0.4 is 16.2 Å². The van der Waals surface area contributed by atoms with E-state index >= 15 is 0 Å². The molecule has 2 rings (SSSR count). The van der Waals surface area contributed by atoms with E-state index in [1.807, 2.05) is 0 Å². The summed E-state index contributed by atoms with van der Waals surface area (Å²) in [6.07, 6.45) is 1.20. The van der Waals surface area contributed by atoms with E-state index in [4.69, 9.17) is 21.3 Å². The van der Waals surface area contributed by atoms with E-state index < -0.39 is 17.7 Å². The van der Waals surface area contributed by atoms with Crippen LogP contribution in [0, 0.1) is 5.82 Å². The van der Waals surface area contributed by atoms with Gasteiger partial charge >= 0.3 is 5.97 Å². The van der Waals surface area contributed by atoms with Gasteiger partial charge in [0.05, 0.1) is 17.4 Å². The van der Waals surface area contributed by atoms with Crippen molar-refractivity contribution in [3.8, 4) is 11.6 Å². The second-order valence-electron chi connectivity index (χ2n) is 4.03. The molecule has 1 heterocycles. The molecule has 0 saturated heterocycles. The summed E-state index contributed by atoms with van der Waals surface area (Å²) in [6.45, 7) is 0. The number of hydrogen-bond donors (Lipinski definition) is 3. The monoisotopic (exact) mass is 291 g/mol. The summed E-state index contributed by atoms with van der Waals surface area (Å²) in [5, 5.41) is 9.03. The highest BCUT2D eigenvalue weighted by molar-refractivity contribution is 5.93. The van der Waals surface area contributed by atoms with E-state index in [0.717, 1.165) is 12.1 Å². The number of hydrogen-bond acceptors (Lipinski definition) is 5. The molecule has 108 valence electrons. The Kier molecular flexibility index (Phi) is 3.70. The number of primary amides is 1. The van der Waals surface area contributed by atoms with Crippen molar-refractivity contribution in [3.63, 3.8) is 0 Å². The van der Waals surface area contributed by atoms with Gasteiger partial charge in [0.1, 0.15) is 17.1 Å². The Hall–Kier alpha value is -3.16. The molecule has 0 atom stereocenters. The zero-order valence-corrected chi connectivity index (χ0v) is 10.5. The van der Waals surface area contributed by atoms with Crippen LogP contribution in [0.2, 0.25) is 0 Å². The Bertz CT molecular complexity index is 733. The third kappa shape index (κ3) is 3.06. The molecule has 1 aromatic carbocycles. The van der Waals surface area contributed by atoms with Crippen molar-refractivity contribution in [3.05, 3.63) is 47.4 Å². The fourth-order valence-electron chi connectivity index (χ4n) is 1.57. The van der Waals surface area contributed by atoms with Gasteiger partial charge in [0.15, 0.2) is 0 Å². The van der Waals surface area contributed by atoms with Crippen molar-refractivity contribution in [2.24, 2.45) is 5.73 Å². The van der Waals surface area contributed by atoms with Crippen molar-refractivity contribution in [2.75, 3.05) is 5.73 Å². The highest BCUT2D eigenvalue weighted by Crippen LogP contribution is 2.26. The average molecular weight is 291 g/mol. The highest BCUT2D eigenvalue weighted by atomic mass is 19.1. The van der Waals surface area contributed by atoms with Gasteiger partial charge in [-0.3, -0.25) is 4.79 Å². The lowest BCUT2D eigenvalue weighted by Gasteiger charge is -2.09. The number of aromatic nitrogens is 1. The molecule has 0 bridgehead atoms. The number of benzene rings is 1. The first-order valence-electron chi connectivity index (χ1n) is 5.64. The number of ether oxygens (including phenoxy) is 1. The minimum Gasteiger partial charge on any atom is -0.477 e. The zero-order valence-electron chi connectivity index (χ0n) is 10.5. The molecule has 21 heavy (non-hydrogen) atoms. The van der Waals surface area contributed by atoms with E-state index in [0.29, 0.717) is 0 Å². The molecule has 0 aliphatic carbocycles. The molecule has 0 unspecified atom stereocenters. The van der Waals surface area contributed by atoms with Crippen molar-refractivity contribution in [1.82, 2.24) is 4.98 Å². The first-order valence-corrected chi connectivity index (χ1v) is 5.64. The van der Waals surface area contributed by atoms with Crippen molar-refractivity contribution in [2.45, 2.75) is 0 Å². The van der Waals surface area contributed by atoms with Gasteiger partial charge in [-0.25, -0.2) is 14.2 Å². The Morgan fingerprint density at radius 2 is 1.95 bits per heavy atom. The predicted molar refractivity (Wildman–Crippen MR) is 70.6 cm³/mol. The molecule has 7 nitrogen and oxygen atoms in total. The van der Waals surface area contributed by atoms with Crippen LogP contribution in [-0.4, -0.2) is 22.0 Å². The first-order chi connectivity index (χ1) is 9.88. The number of nitrogen functional groups attached to an aromatic ring is 1. The van der Waals surface area contributed by atoms with Gasteiger partial charge in [0.25, 0.3) is 5.91 Å². The third-order valence-electron chi connectivity index (χ3n) is 2.52. The minimum absolute atomic E-state index is 0.0303. The Morgan fingerprint density at radius 3 is 2.52 bits per heavy atom. The summed E-state index contributed by atoms with van der Waals surface area (Å²) in [5.41, 5.74) is 10.00. The number of anilines is 1. The summed E-state index contributed by atoms with van der Waals surface area (Å²) in [6, 6.07) is 4.47. The van der Waals surface area contributed by atoms with Crippen LogP contribution >= 0.6 is 0 Å². The van der Waals surface area contributed by atoms with Crippen LogP contribution in [0.3, 0.4) is 0 Å². The maximum atomic E-state index is 13.6. The fourth-order valence-corrected chi connectivity index (χ4v) is 1.57. The molecule has 5 N–H and O–H groups in total. The maximum Gasteiger partial charge on any atom is 0.341 e. The number of aromatic carboxylic acids is 1. The average Bonchev–Trinajstić information content (AvgIpc) is 2.40. The van der Waals surface area contributed by atoms with Gasteiger partial charge in [-0.1, -0.05) is 0 Å². The summed E-state index contributed by atoms with van der Waals surface area (Å²) in [5.74, 6) is -3.37. The van der Waals surface area contributed by atoms with Gasteiger partial charge < -0.3 is 21.3 Å². The molecule has 0 spiro atoms. The van der Waals surface area contributed by atoms with Crippen LogP contribution in [0.5, 0.6) is 11.6 Å². The number of carboxylic acid groups (broad SMARTS) is 1. The topological polar surface area (TPSA) is 129 Å². The molecule has 8 heteroatoms. The standard InChI is InChI=1S/C13H10FN3O4/c14-10-4-7(1-2-8(10)11(16)18)21-12-9(13(19)20)3-6(15)5-17-12/h1-5H,15H2,(H2,16,18)(H,19,20). The van der Waals surface area contributed by atoms with Crippen LogP contribution in [-0.2, 0) is 0 Å². The fraction of sp³-hybridized carbons (Fsp3) is 0. The maximum absolute atomic E-state index is 13.6. The molecule has 2 aromatic rings. The van der Waals surface area contributed by atoms with Crippen LogP contribution in [0.25, 0.3) is 0 Å². The van der Waals surface area contributed by atoms with Crippen molar-refractivity contribution in [1.29, 1.82) is 0 Å². The number of amides is 1. The molecule has 0 aliphatic heterocycles. The third-order valence-corrected chi connectivity index (χ3v) is 2.52. The molecule has 1 aromatic heterocycles. The molecule has 0 saturated carbocycles. The predicted octanol–water partition coefficient (Wildman–Crippen LogP) is 1.39. The summed E-state index contributed by atoms with van der Waals surface area (Å²) in [4.78, 5) is 25.7. The molecule has 0 fully saturated rings. The second-order valence-corrected chi connectivity index (χ2v) is 4.03. The summed E-state index contributed by atoms with van der Waals surface area (Å²) < 4.78 is 18.8. The largest absolute Gasteiger partial charge is 0.477 e. The van der Waals surface area contributed by atoms with Gasteiger partial charge in [0, 0.05) is 6.07 Å². The molecular formula is C13H10FN3O4. The number of pyridine rings is 1. The van der Waals surface area contributed by atoms with Crippen molar-refractivity contribution < 1.29 is 23.8 Å². The molecule has 0 aliphatic rings. The lowest BCUT2D eigenvalue weighted by atomic mass is 10.2. The molecule has 0 radical (unpaired) electrons. The number of carboxylic acids is 1. The highest BCUT2D eigenvalue weighted by Gasteiger charge is 2.16. The first kappa shape index (κ1) is 14.3. The van der Waals surface area contributed by atoms with Crippen LogP contribution in [0.1, 0.15) is 20.7 Å². The Labute approximate surface area is 118 Å². The van der Waals surface area contributed by atoms with Gasteiger partial charge in [-0.05, 0) is 18.2 Å². The smallest absolute Gasteiger partial charge is 0.341 e. The van der Waals surface area contributed by atoms with Gasteiger partial charge in [0.2, 0.25) is 5.88 Å². The molecule has 1 amide bonds. The van der Waals surface area contributed by atoms with Crippen LogP contribution in [0.4, 0.5) is 10.1 Å². The number of carbonyl (C=O) groups excluding carboxylic acids is 1. The van der Waals surface area contributed by atoms with Crippen LogP contribution in [0.15, 0.2) is 30.5 Å². The zero-order chi connectivity index (χ0) is 15.6. The van der Waals surface area contributed by atoms with Crippen molar-refractivity contribution >= 4 is 17.6 Å². The van der Waals surface area contributed by atoms with E-state index in [1.54, 1.807) is 0 Å². The normalized spacial score (nSPS) is 10.1. The number of rotatable bonds is 4. The van der Waals surface area contributed by atoms with E-state index in [2.05, 4.69) is 4.98 Å². The van der Waals surface area contributed by atoms with E-state index in [1.165, 1.54) is 18.3 Å². The van der Waals surface area contributed by atoms with Gasteiger partial charge in [-0.15, -0.1) is 0 Å². The molecular weight excluding hydrogens is 281 g/mol. The Morgan fingerprint density at radius 1 is 1.24 bits per heavy atom. The summed E-state index contributed by atoms with van der Waals surface area (Å²) in [7, 11) is 0. The lowest BCUT2D eigenvalue weighted by molar-refractivity contribution is 0.0693. The van der Waals surface area contributed by atoms with E-state index in [9.17, 15) is 14.0 Å². The SMILES string of the molecule is NC(=O)c1ccc(Oc2ncc(N)cc2C(=O)O)cc1F. The number of carbonyl (C=O) groups is 2. The number of nitrogens with two attached hydrogens (primary N) is 2. The Balaban J connectivity index is 2.37. The number of nitrogens with zero attached hydrogens (tertiary/aromatic N) is 1. The number of halogens is 1. The minimum atomic E-state index is -1.29. The lowest BCUT2D eigenvalue weighted by Crippen LogP contribution is -2.13. The summed E-state index contributed by atoms with van der Waals surface area (Å²) >= 11 is 0. The quantitative estimate of drug-likeness (QED) is 0.780.